The molecule has 1 rings (SSSR count). The normalized spacial score (nSPS) is 35.5. The van der Waals surface area contributed by atoms with Gasteiger partial charge in [-0.3, -0.25) is 0 Å². The van der Waals surface area contributed by atoms with Crippen molar-refractivity contribution in [1.82, 2.24) is 0 Å². The zero-order chi connectivity index (χ0) is 9.35. The number of aliphatic hydroxyl groups is 1. The molecule has 0 aliphatic heterocycles. The molecule has 0 spiro atoms. The lowest BCUT2D eigenvalue weighted by molar-refractivity contribution is -0.101. The van der Waals surface area contributed by atoms with E-state index in [1.165, 1.54) is 0 Å². The molecule has 0 heterocycles. The first-order valence-corrected chi connectivity index (χ1v) is 4.48. The van der Waals surface area contributed by atoms with E-state index in [0.29, 0.717) is 0 Å². The molecule has 12 heavy (non-hydrogen) atoms. The molecular weight excluding hydrogens is 162 g/mol. The summed E-state index contributed by atoms with van der Waals surface area (Å²) in [5.41, 5.74) is 0. The summed E-state index contributed by atoms with van der Waals surface area (Å²) in [6.45, 7) is 3.77. The highest BCUT2D eigenvalue weighted by Crippen LogP contribution is 2.39. The first-order chi connectivity index (χ1) is 5.42. The lowest BCUT2D eigenvalue weighted by Gasteiger charge is -2.35. The third kappa shape index (κ3) is 2.16. The van der Waals surface area contributed by atoms with Crippen LogP contribution in [0.4, 0.5) is 8.78 Å². The Morgan fingerprint density at radius 1 is 1.42 bits per heavy atom. The van der Waals surface area contributed by atoms with Gasteiger partial charge in [0.25, 0.3) is 0 Å². The van der Waals surface area contributed by atoms with Gasteiger partial charge in [-0.25, -0.2) is 8.78 Å². The van der Waals surface area contributed by atoms with Gasteiger partial charge >= 0.3 is 0 Å². The Kier molecular flexibility index (Phi) is 2.71. The molecule has 1 aliphatic carbocycles. The molecule has 3 heteroatoms. The van der Waals surface area contributed by atoms with E-state index in [1.54, 1.807) is 0 Å². The minimum Gasteiger partial charge on any atom is -0.393 e. The van der Waals surface area contributed by atoms with Crippen molar-refractivity contribution < 1.29 is 13.9 Å². The van der Waals surface area contributed by atoms with Crippen LogP contribution in [0.5, 0.6) is 0 Å². The van der Waals surface area contributed by atoms with Crippen LogP contribution in [-0.2, 0) is 0 Å². The SMILES string of the molecule is CC(C)[C@H]1CC(F)(F)CC[C@H]1O. The zero-order valence-electron chi connectivity index (χ0n) is 7.56. The molecule has 0 aromatic rings. The molecule has 0 aromatic heterocycles. The molecule has 2 atom stereocenters. The number of aliphatic hydroxyl groups excluding tert-OH is 1. The van der Waals surface area contributed by atoms with Gasteiger partial charge in [0, 0.05) is 12.8 Å². The van der Waals surface area contributed by atoms with Crippen LogP contribution in [-0.4, -0.2) is 17.1 Å². The Hall–Kier alpha value is -0.180. The maximum atomic E-state index is 12.9. The number of hydrogen-bond donors (Lipinski definition) is 1. The summed E-state index contributed by atoms with van der Waals surface area (Å²) in [6.07, 6.45) is -0.580. The van der Waals surface area contributed by atoms with Crippen LogP contribution in [0.25, 0.3) is 0 Å². The molecule has 0 saturated heterocycles. The van der Waals surface area contributed by atoms with Gasteiger partial charge in [-0.2, -0.15) is 0 Å². The number of rotatable bonds is 1. The van der Waals surface area contributed by atoms with E-state index < -0.39 is 12.0 Å². The van der Waals surface area contributed by atoms with Crippen LogP contribution in [0, 0.1) is 11.8 Å². The standard InChI is InChI=1S/C9H16F2O/c1-6(2)7-5-9(10,11)4-3-8(7)12/h6-8,12H,3-5H2,1-2H3/t7-,8-/m1/s1. The molecule has 0 bridgehead atoms. The Bertz CT molecular complexity index is 157. The molecule has 0 radical (unpaired) electrons. The third-order valence-corrected chi connectivity index (χ3v) is 2.69. The summed E-state index contributed by atoms with van der Waals surface area (Å²) in [5, 5.41) is 9.44. The highest BCUT2D eigenvalue weighted by Gasteiger charge is 2.41. The summed E-state index contributed by atoms with van der Waals surface area (Å²) >= 11 is 0. The fraction of sp³-hybridized carbons (Fsp3) is 1.00. The van der Waals surface area contributed by atoms with E-state index in [9.17, 15) is 13.9 Å². The van der Waals surface area contributed by atoms with Crippen LogP contribution < -0.4 is 0 Å². The molecular formula is C9H16F2O. The molecule has 0 unspecified atom stereocenters. The van der Waals surface area contributed by atoms with Crippen molar-refractivity contribution in [3.63, 3.8) is 0 Å². The Balaban J connectivity index is 2.59. The fourth-order valence-electron chi connectivity index (χ4n) is 1.84. The smallest absolute Gasteiger partial charge is 0.248 e. The third-order valence-electron chi connectivity index (χ3n) is 2.69. The van der Waals surface area contributed by atoms with Gasteiger partial charge in [-0.1, -0.05) is 13.8 Å². The van der Waals surface area contributed by atoms with Crippen LogP contribution in [0.1, 0.15) is 33.1 Å². The summed E-state index contributed by atoms with van der Waals surface area (Å²) in [6, 6.07) is 0. The van der Waals surface area contributed by atoms with E-state index in [0.717, 1.165) is 0 Å². The predicted molar refractivity (Wildman–Crippen MR) is 43.1 cm³/mol. The van der Waals surface area contributed by atoms with Gasteiger partial charge in [0.2, 0.25) is 5.92 Å². The topological polar surface area (TPSA) is 20.2 Å². The second kappa shape index (κ2) is 3.29. The van der Waals surface area contributed by atoms with Crippen LogP contribution in [0.15, 0.2) is 0 Å². The summed E-state index contributed by atoms with van der Waals surface area (Å²) < 4.78 is 25.8. The first kappa shape index (κ1) is 9.90. The Labute approximate surface area is 71.8 Å². The minimum atomic E-state index is -2.55. The summed E-state index contributed by atoms with van der Waals surface area (Å²) in [4.78, 5) is 0. The number of halogens is 2. The van der Waals surface area contributed by atoms with E-state index in [-0.39, 0.29) is 31.1 Å². The molecule has 1 fully saturated rings. The summed E-state index contributed by atoms with van der Waals surface area (Å²) in [5.74, 6) is -2.63. The van der Waals surface area contributed by atoms with Gasteiger partial charge in [0.05, 0.1) is 6.10 Å². The van der Waals surface area contributed by atoms with Crippen molar-refractivity contribution in [1.29, 1.82) is 0 Å². The van der Waals surface area contributed by atoms with E-state index >= 15 is 0 Å². The molecule has 0 amide bonds. The van der Waals surface area contributed by atoms with Gasteiger partial charge in [-0.15, -0.1) is 0 Å². The maximum absolute atomic E-state index is 12.9. The van der Waals surface area contributed by atoms with Crippen molar-refractivity contribution in [2.24, 2.45) is 11.8 Å². The van der Waals surface area contributed by atoms with Gasteiger partial charge in [0.1, 0.15) is 0 Å². The number of hydrogen-bond acceptors (Lipinski definition) is 1. The van der Waals surface area contributed by atoms with Crippen molar-refractivity contribution in [2.45, 2.75) is 45.1 Å². The first-order valence-electron chi connectivity index (χ1n) is 4.48. The highest BCUT2D eigenvalue weighted by molar-refractivity contribution is 4.85. The zero-order valence-corrected chi connectivity index (χ0v) is 7.56. The second-order valence-corrected chi connectivity index (χ2v) is 4.07. The summed E-state index contributed by atoms with van der Waals surface area (Å²) in [7, 11) is 0. The molecule has 1 N–H and O–H groups in total. The van der Waals surface area contributed by atoms with E-state index in [1.807, 2.05) is 13.8 Å². The largest absolute Gasteiger partial charge is 0.393 e. The van der Waals surface area contributed by atoms with Gasteiger partial charge < -0.3 is 5.11 Å². The van der Waals surface area contributed by atoms with E-state index in [4.69, 9.17) is 0 Å². The minimum absolute atomic E-state index is 0.145. The van der Waals surface area contributed by atoms with Crippen molar-refractivity contribution in [2.75, 3.05) is 0 Å². The van der Waals surface area contributed by atoms with Gasteiger partial charge in [-0.05, 0) is 18.3 Å². The van der Waals surface area contributed by atoms with Gasteiger partial charge in [0.15, 0.2) is 0 Å². The fourth-order valence-corrected chi connectivity index (χ4v) is 1.84. The molecule has 1 aliphatic rings. The monoisotopic (exact) mass is 178 g/mol. The number of alkyl halides is 2. The van der Waals surface area contributed by atoms with Crippen molar-refractivity contribution in [3.05, 3.63) is 0 Å². The second-order valence-electron chi connectivity index (χ2n) is 4.07. The lowest BCUT2D eigenvalue weighted by atomic mass is 9.78. The van der Waals surface area contributed by atoms with E-state index in [2.05, 4.69) is 0 Å². The molecule has 72 valence electrons. The Morgan fingerprint density at radius 3 is 2.42 bits per heavy atom. The lowest BCUT2D eigenvalue weighted by Crippen LogP contribution is -2.38. The molecule has 1 nitrogen and oxygen atoms in total. The average Bonchev–Trinajstić information content (AvgIpc) is 1.94. The quantitative estimate of drug-likeness (QED) is 0.653. The predicted octanol–water partition coefficient (Wildman–Crippen LogP) is 2.44. The van der Waals surface area contributed by atoms with Crippen molar-refractivity contribution in [3.8, 4) is 0 Å². The highest BCUT2D eigenvalue weighted by atomic mass is 19.3. The maximum Gasteiger partial charge on any atom is 0.248 e. The van der Waals surface area contributed by atoms with Crippen LogP contribution in [0.3, 0.4) is 0 Å². The van der Waals surface area contributed by atoms with Crippen LogP contribution >= 0.6 is 0 Å². The Morgan fingerprint density at radius 2 is 2.00 bits per heavy atom. The molecule has 1 saturated carbocycles. The van der Waals surface area contributed by atoms with Crippen molar-refractivity contribution >= 4 is 0 Å². The van der Waals surface area contributed by atoms with Crippen LogP contribution in [0.2, 0.25) is 0 Å². The molecule has 0 aromatic carbocycles. The average molecular weight is 178 g/mol.